The Hall–Kier alpha value is -0.150. The molecular weight excluding hydrogens is 134 g/mol. The lowest BCUT2D eigenvalue weighted by molar-refractivity contribution is 0.231. The molecule has 0 amide bonds. The normalized spacial score (nSPS) is 12.8. The van der Waals surface area contributed by atoms with E-state index in [4.69, 9.17) is 17.3 Å². The molecule has 3 heteroatoms. The molecule has 9 heavy (non-hydrogen) atoms. The van der Waals surface area contributed by atoms with Gasteiger partial charge in [0.05, 0.1) is 0 Å². The van der Waals surface area contributed by atoms with Crippen molar-refractivity contribution in [3.63, 3.8) is 0 Å². The molecule has 0 aliphatic carbocycles. The van der Waals surface area contributed by atoms with Crippen molar-refractivity contribution in [2.24, 2.45) is 0 Å². The minimum Gasteiger partial charge on any atom is -0.386 e. The minimum absolute atomic E-state index is 0.499. The van der Waals surface area contributed by atoms with E-state index in [2.05, 4.69) is 12.2 Å². The van der Waals surface area contributed by atoms with Gasteiger partial charge in [-0.1, -0.05) is 25.6 Å². The van der Waals surface area contributed by atoms with Gasteiger partial charge in [0, 0.05) is 7.05 Å². The van der Waals surface area contributed by atoms with Crippen LogP contribution in [0.1, 0.15) is 12.8 Å². The quantitative estimate of drug-likeness (QED) is 0.569. The summed E-state index contributed by atoms with van der Waals surface area (Å²) in [4.78, 5) is 0.499. The lowest BCUT2D eigenvalue weighted by Crippen LogP contribution is -2.29. The van der Waals surface area contributed by atoms with E-state index >= 15 is 0 Å². The Balaban J connectivity index is 3.45. The van der Waals surface area contributed by atoms with Gasteiger partial charge in [0.15, 0.2) is 0 Å². The van der Waals surface area contributed by atoms with Crippen molar-refractivity contribution in [3.05, 3.63) is 6.92 Å². The maximum atomic E-state index is 9.07. The highest BCUT2D eigenvalue weighted by Crippen LogP contribution is 1.95. The molecule has 0 aromatic heterocycles. The molecule has 1 unspecified atom stereocenters. The Labute approximate surface area is 61.3 Å². The lowest BCUT2D eigenvalue weighted by atomic mass is 10.2. The van der Waals surface area contributed by atoms with Crippen LogP contribution < -0.4 is 5.32 Å². The molecule has 0 heterocycles. The number of hydrogen-bond acceptors (Lipinski definition) is 2. The zero-order valence-corrected chi connectivity index (χ0v) is 6.37. The van der Waals surface area contributed by atoms with Crippen LogP contribution in [-0.2, 0) is 0 Å². The Bertz CT molecular complexity index is 95.1. The fourth-order valence-corrected chi connectivity index (χ4v) is 0.609. The number of likely N-dealkylation sites (N-methyl/N-ethyl adjacent to an activating group) is 1. The second-order valence-corrected chi connectivity index (χ2v) is 2.21. The van der Waals surface area contributed by atoms with E-state index in [1.165, 1.54) is 0 Å². The molecule has 0 spiro atoms. The van der Waals surface area contributed by atoms with E-state index in [0.29, 0.717) is 17.8 Å². The zero-order chi connectivity index (χ0) is 7.28. The summed E-state index contributed by atoms with van der Waals surface area (Å²) in [6.45, 7) is 3.59. The lowest BCUT2D eigenvalue weighted by Gasteiger charge is -2.08. The van der Waals surface area contributed by atoms with Crippen LogP contribution in [0.5, 0.6) is 0 Å². The summed E-state index contributed by atoms with van der Waals surface area (Å²) in [6.07, 6.45) is 0.838. The highest BCUT2D eigenvalue weighted by atomic mass is 32.1. The van der Waals surface area contributed by atoms with Crippen molar-refractivity contribution in [3.8, 4) is 0 Å². The Morgan fingerprint density at radius 2 is 2.44 bits per heavy atom. The fraction of sp³-hybridized carbons (Fsp3) is 0.667. The van der Waals surface area contributed by atoms with E-state index in [1.54, 1.807) is 7.05 Å². The summed E-state index contributed by atoms with van der Waals surface area (Å²) in [5.41, 5.74) is 0. The van der Waals surface area contributed by atoms with Gasteiger partial charge in [0.1, 0.15) is 11.1 Å². The number of thiocarbonyl (C=S) groups is 1. The SMILES string of the molecule is [CH2]CCC(O)C(=S)NC. The molecule has 0 rings (SSSR count). The van der Waals surface area contributed by atoms with Crippen LogP contribution in [0.15, 0.2) is 0 Å². The van der Waals surface area contributed by atoms with Gasteiger partial charge < -0.3 is 10.4 Å². The van der Waals surface area contributed by atoms with Crippen LogP contribution in [0.4, 0.5) is 0 Å². The summed E-state index contributed by atoms with van der Waals surface area (Å²) in [5.74, 6) is 0. The summed E-state index contributed by atoms with van der Waals surface area (Å²) in [6, 6.07) is 0. The first-order valence-corrected chi connectivity index (χ1v) is 3.32. The van der Waals surface area contributed by atoms with Crippen LogP contribution in [0.25, 0.3) is 0 Å². The second-order valence-electron chi connectivity index (χ2n) is 1.77. The summed E-state index contributed by atoms with van der Waals surface area (Å²) in [5, 5.41) is 11.8. The van der Waals surface area contributed by atoms with Gasteiger partial charge in [-0.3, -0.25) is 0 Å². The molecule has 1 radical (unpaired) electrons. The topological polar surface area (TPSA) is 32.3 Å². The number of hydrogen-bond donors (Lipinski definition) is 2. The number of rotatable bonds is 3. The number of nitrogens with one attached hydrogen (secondary N) is 1. The van der Waals surface area contributed by atoms with Gasteiger partial charge in [0.2, 0.25) is 0 Å². The van der Waals surface area contributed by atoms with Crippen molar-refractivity contribution >= 4 is 17.2 Å². The first-order chi connectivity index (χ1) is 4.22. The summed E-state index contributed by atoms with van der Waals surface area (Å²) in [7, 11) is 1.70. The van der Waals surface area contributed by atoms with Crippen molar-refractivity contribution in [2.45, 2.75) is 18.9 Å². The number of aliphatic hydroxyl groups excluding tert-OH is 1. The van der Waals surface area contributed by atoms with Gasteiger partial charge in [-0.15, -0.1) is 0 Å². The first-order valence-electron chi connectivity index (χ1n) is 2.91. The molecule has 0 saturated heterocycles. The third kappa shape index (κ3) is 3.43. The summed E-state index contributed by atoms with van der Waals surface area (Å²) < 4.78 is 0. The average molecular weight is 146 g/mol. The van der Waals surface area contributed by atoms with Crippen molar-refractivity contribution in [2.75, 3.05) is 7.05 Å². The van der Waals surface area contributed by atoms with E-state index < -0.39 is 6.10 Å². The molecule has 2 nitrogen and oxygen atoms in total. The molecule has 53 valence electrons. The maximum Gasteiger partial charge on any atom is 0.104 e. The van der Waals surface area contributed by atoms with Crippen molar-refractivity contribution < 1.29 is 5.11 Å². The molecule has 0 saturated carbocycles. The van der Waals surface area contributed by atoms with Crippen LogP contribution >= 0.6 is 12.2 Å². The highest BCUT2D eigenvalue weighted by Gasteiger charge is 2.05. The molecular formula is C6H12NOS. The van der Waals surface area contributed by atoms with Crippen LogP contribution in [0, 0.1) is 6.92 Å². The van der Waals surface area contributed by atoms with Crippen LogP contribution in [-0.4, -0.2) is 23.2 Å². The van der Waals surface area contributed by atoms with Gasteiger partial charge in [-0.05, 0) is 6.42 Å². The standard InChI is InChI=1S/C6H12NOS/c1-3-4-5(8)6(9)7-2/h5,8H,1,3-4H2,2H3,(H,7,9). The van der Waals surface area contributed by atoms with Crippen molar-refractivity contribution in [1.82, 2.24) is 5.32 Å². The predicted octanol–water partition coefficient (Wildman–Crippen LogP) is 0.508. The fourth-order valence-electron chi connectivity index (χ4n) is 0.491. The third-order valence-electron chi connectivity index (χ3n) is 1.03. The molecule has 0 aliphatic heterocycles. The smallest absolute Gasteiger partial charge is 0.104 e. The van der Waals surface area contributed by atoms with Gasteiger partial charge >= 0.3 is 0 Å². The Morgan fingerprint density at radius 1 is 1.89 bits per heavy atom. The molecule has 0 aromatic rings. The molecule has 0 bridgehead atoms. The molecule has 0 fully saturated rings. The number of aliphatic hydroxyl groups is 1. The van der Waals surface area contributed by atoms with Gasteiger partial charge in [-0.2, -0.15) is 0 Å². The Kier molecular flexibility index (Phi) is 4.62. The van der Waals surface area contributed by atoms with Crippen LogP contribution in [0.2, 0.25) is 0 Å². The maximum absolute atomic E-state index is 9.07. The second kappa shape index (κ2) is 4.70. The zero-order valence-electron chi connectivity index (χ0n) is 5.55. The highest BCUT2D eigenvalue weighted by molar-refractivity contribution is 7.80. The first kappa shape index (κ1) is 8.85. The third-order valence-corrected chi connectivity index (χ3v) is 1.50. The molecule has 0 aromatic carbocycles. The van der Waals surface area contributed by atoms with E-state index in [-0.39, 0.29) is 0 Å². The molecule has 1 atom stereocenters. The molecule has 2 N–H and O–H groups in total. The van der Waals surface area contributed by atoms with Gasteiger partial charge in [0.25, 0.3) is 0 Å². The van der Waals surface area contributed by atoms with Crippen molar-refractivity contribution in [1.29, 1.82) is 0 Å². The largest absolute Gasteiger partial charge is 0.386 e. The minimum atomic E-state index is -0.512. The molecule has 0 aliphatic rings. The van der Waals surface area contributed by atoms with Crippen LogP contribution in [0.3, 0.4) is 0 Å². The van der Waals surface area contributed by atoms with Gasteiger partial charge in [-0.25, -0.2) is 0 Å². The summed E-state index contributed by atoms with van der Waals surface area (Å²) >= 11 is 4.75. The Morgan fingerprint density at radius 3 is 2.78 bits per heavy atom. The predicted molar refractivity (Wildman–Crippen MR) is 42.3 cm³/mol. The van der Waals surface area contributed by atoms with E-state index in [1.807, 2.05) is 0 Å². The van der Waals surface area contributed by atoms with E-state index in [9.17, 15) is 0 Å². The van der Waals surface area contributed by atoms with E-state index in [0.717, 1.165) is 0 Å². The monoisotopic (exact) mass is 146 g/mol. The average Bonchev–Trinajstić information content (AvgIpc) is 1.87.